The summed E-state index contributed by atoms with van der Waals surface area (Å²) in [5.74, 6) is 0. The molecule has 0 atom stereocenters. The van der Waals surface area contributed by atoms with Crippen LogP contribution in [0.3, 0.4) is 0 Å². The summed E-state index contributed by atoms with van der Waals surface area (Å²) >= 11 is 1.87. The molecule has 0 fully saturated rings. The Bertz CT molecular complexity index is 2530. The van der Waals surface area contributed by atoms with Gasteiger partial charge in [0.1, 0.15) is 0 Å². The van der Waals surface area contributed by atoms with Gasteiger partial charge in [-0.15, -0.1) is 11.3 Å². The van der Waals surface area contributed by atoms with Crippen LogP contribution in [-0.2, 0) is 0 Å². The Morgan fingerprint density at radius 3 is 1.85 bits per heavy atom. The van der Waals surface area contributed by atoms with Crippen molar-refractivity contribution in [1.29, 1.82) is 0 Å². The first-order valence-electron chi connectivity index (χ1n) is 15.7. The van der Waals surface area contributed by atoms with Gasteiger partial charge in [-0.2, -0.15) is 0 Å². The Labute approximate surface area is 272 Å². The molecular formula is C44H29NS. The lowest BCUT2D eigenvalue weighted by Gasteiger charge is -2.26. The number of hydrogen-bond acceptors (Lipinski definition) is 2. The van der Waals surface area contributed by atoms with Crippen LogP contribution in [0.4, 0.5) is 17.1 Å². The van der Waals surface area contributed by atoms with E-state index in [4.69, 9.17) is 0 Å². The van der Waals surface area contributed by atoms with Crippen molar-refractivity contribution >= 4 is 70.1 Å². The molecule has 0 N–H and O–H groups in total. The topological polar surface area (TPSA) is 3.24 Å². The summed E-state index contributed by atoms with van der Waals surface area (Å²) in [5.41, 5.74) is 8.22. The fraction of sp³-hybridized carbons (Fsp3) is 0. The molecule has 9 aromatic rings. The van der Waals surface area contributed by atoms with E-state index in [0.29, 0.717) is 0 Å². The average Bonchev–Trinajstić information content (AvgIpc) is 3.52. The number of hydrogen-bond donors (Lipinski definition) is 0. The third-order valence-corrected chi connectivity index (χ3v) is 10.2. The third-order valence-electron chi connectivity index (χ3n) is 9.02. The molecule has 0 aliphatic heterocycles. The van der Waals surface area contributed by atoms with Gasteiger partial charge in [0.2, 0.25) is 0 Å². The predicted molar refractivity (Wildman–Crippen MR) is 200 cm³/mol. The van der Waals surface area contributed by atoms with E-state index in [1.807, 2.05) is 11.3 Å². The quantitative estimate of drug-likeness (QED) is 0.189. The minimum Gasteiger partial charge on any atom is -0.310 e. The maximum absolute atomic E-state index is 2.37. The van der Waals surface area contributed by atoms with Gasteiger partial charge in [-0.3, -0.25) is 0 Å². The zero-order valence-corrected chi connectivity index (χ0v) is 25.9. The minimum absolute atomic E-state index is 1.12. The molecule has 0 aliphatic rings. The zero-order valence-electron chi connectivity index (χ0n) is 25.1. The molecule has 8 aromatic carbocycles. The van der Waals surface area contributed by atoms with Gasteiger partial charge in [0.05, 0.1) is 0 Å². The first-order valence-corrected chi connectivity index (χ1v) is 16.5. The molecule has 46 heavy (non-hydrogen) atoms. The normalized spacial score (nSPS) is 11.5. The van der Waals surface area contributed by atoms with Crippen molar-refractivity contribution in [1.82, 2.24) is 0 Å². The molecule has 1 aromatic heterocycles. The molecule has 0 saturated heterocycles. The van der Waals surface area contributed by atoms with Crippen LogP contribution in [0, 0.1) is 0 Å². The van der Waals surface area contributed by atoms with E-state index in [2.05, 4.69) is 181 Å². The molecule has 0 radical (unpaired) electrons. The molecule has 1 nitrogen and oxygen atoms in total. The van der Waals surface area contributed by atoms with E-state index in [1.54, 1.807) is 0 Å². The summed E-state index contributed by atoms with van der Waals surface area (Å²) in [7, 11) is 0. The van der Waals surface area contributed by atoms with Gasteiger partial charge in [-0.25, -0.2) is 0 Å². The van der Waals surface area contributed by atoms with Crippen molar-refractivity contribution in [2.45, 2.75) is 0 Å². The van der Waals surface area contributed by atoms with E-state index < -0.39 is 0 Å². The van der Waals surface area contributed by atoms with Gasteiger partial charge in [0.15, 0.2) is 0 Å². The van der Waals surface area contributed by atoms with E-state index in [1.165, 1.54) is 64.0 Å². The van der Waals surface area contributed by atoms with Crippen LogP contribution in [0.1, 0.15) is 0 Å². The predicted octanol–water partition coefficient (Wildman–Crippen LogP) is 13.2. The summed E-state index contributed by atoms with van der Waals surface area (Å²) < 4.78 is 2.68. The van der Waals surface area contributed by atoms with E-state index in [-0.39, 0.29) is 0 Å². The maximum atomic E-state index is 2.37. The van der Waals surface area contributed by atoms with Crippen molar-refractivity contribution in [2.75, 3.05) is 4.90 Å². The smallest absolute Gasteiger partial charge is 0.0468 e. The second-order valence-electron chi connectivity index (χ2n) is 11.8. The Kier molecular flexibility index (Phi) is 6.40. The Morgan fingerprint density at radius 2 is 0.957 bits per heavy atom. The molecule has 9 rings (SSSR count). The van der Waals surface area contributed by atoms with Crippen LogP contribution in [0.25, 0.3) is 64.0 Å². The molecule has 0 amide bonds. The summed E-state index contributed by atoms with van der Waals surface area (Å²) in [5, 5.41) is 7.75. The molecule has 216 valence electrons. The molecule has 1 heterocycles. The lowest BCUT2D eigenvalue weighted by atomic mass is 9.98. The number of benzene rings is 8. The standard InChI is InChI=1S/C44H29NS/c1-2-9-30(10-3-1)35-13-8-14-38(27-35)45(39-25-21-31-11-4-5-12-34(31)28-39)37-23-19-32(20-24-37)36-18-17-33-22-26-43-44(41(33)29-36)40-15-6-7-16-42(40)46-43/h1-29H. The molecule has 0 spiro atoms. The fourth-order valence-electron chi connectivity index (χ4n) is 6.74. The van der Waals surface area contributed by atoms with Gasteiger partial charge < -0.3 is 4.90 Å². The largest absolute Gasteiger partial charge is 0.310 e. The highest BCUT2D eigenvalue weighted by molar-refractivity contribution is 7.26. The lowest BCUT2D eigenvalue weighted by Crippen LogP contribution is -2.10. The van der Waals surface area contributed by atoms with Crippen molar-refractivity contribution in [2.24, 2.45) is 0 Å². The molecule has 0 unspecified atom stereocenters. The lowest BCUT2D eigenvalue weighted by molar-refractivity contribution is 1.29. The molecular weight excluding hydrogens is 575 g/mol. The molecule has 0 aliphatic carbocycles. The van der Waals surface area contributed by atoms with Crippen molar-refractivity contribution in [3.63, 3.8) is 0 Å². The average molecular weight is 604 g/mol. The van der Waals surface area contributed by atoms with Crippen molar-refractivity contribution in [3.8, 4) is 22.3 Å². The summed E-state index contributed by atoms with van der Waals surface area (Å²) in [6.07, 6.45) is 0. The van der Waals surface area contributed by atoms with Crippen LogP contribution in [0.5, 0.6) is 0 Å². The summed E-state index contributed by atoms with van der Waals surface area (Å²) in [6.45, 7) is 0. The third kappa shape index (κ3) is 4.63. The van der Waals surface area contributed by atoms with E-state index in [0.717, 1.165) is 17.1 Å². The van der Waals surface area contributed by atoms with Gasteiger partial charge in [0.25, 0.3) is 0 Å². The second-order valence-corrected chi connectivity index (χ2v) is 12.9. The zero-order chi connectivity index (χ0) is 30.5. The van der Waals surface area contributed by atoms with Crippen molar-refractivity contribution < 1.29 is 0 Å². The first kappa shape index (κ1) is 26.7. The summed E-state index contributed by atoms with van der Waals surface area (Å²) in [6, 6.07) is 63.9. The van der Waals surface area contributed by atoms with Gasteiger partial charge >= 0.3 is 0 Å². The van der Waals surface area contributed by atoms with E-state index in [9.17, 15) is 0 Å². The highest BCUT2D eigenvalue weighted by atomic mass is 32.1. The highest BCUT2D eigenvalue weighted by Gasteiger charge is 2.15. The van der Waals surface area contributed by atoms with Gasteiger partial charge in [-0.1, -0.05) is 121 Å². The van der Waals surface area contributed by atoms with Crippen LogP contribution in [0.15, 0.2) is 176 Å². The van der Waals surface area contributed by atoms with Crippen LogP contribution in [0.2, 0.25) is 0 Å². The maximum Gasteiger partial charge on any atom is 0.0468 e. The second kappa shape index (κ2) is 11.0. The fourth-order valence-corrected chi connectivity index (χ4v) is 7.87. The Hall–Kier alpha value is -5.70. The first-order chi connectivity index (χ1) is 22.8. The number of thiophene rings is 1. The Morgan fingerprint density at radius 1 is 0.326 bits per heavy atom. The van der Waals surface area contributed by atoms with Crippen LogP contribution >= 0.6 is 11.3 Å². The monoisotopic (exact) mass is 603 g/mol. The van der Waals surface area contributed by atoms with Crippen LogP contribution < -0.4 is 4.90 Å². The van der Waals surface area contributed by atoms with Gasteiger partial charge in [-0.05, 0) is 98.4 Å². The number of anilines is 3. The Balaban J connectivity index is 1.16. The van der Waals surface area contributed by atoms with Crippen LogP contribution in [-0.4, -0.2) is 0 Å². The summed E-state index contributed by atoms with van der Waals surface area (Å²) in [4.78, 5) is 2.37. The molecule has 0 bridgehead atoms. The molecule has 0 saturated carbocycles. The molecule has 2 heteroatoms. The van der Waals surface area contributed by atoms with Crippen molar-refractivity contribution in [3.05, 3.63) is 176 Å². The van der Waals surface area contributed by atoms with E-state index >= 15 is 0 Å². The SMILES string of the molecule is c1ccc(-c2cccc(N(c3ccc(-c4ccc5ccc6sc7ccccc7c6c5c4)cc3)c3ccc4ccccc4c3)c2)cc1. The number of rotatable bonds is 5. The minimum atomic E-state index is 1.12. The number of nitrogens with zero attached hydrogens (tertiary/aromatic N) is 1. The highest BCUT2D eigenvalue weighted by Crippen LogP contribution is 2.41. The number of fused-ring (bicyclic) bond motifs is 6. The van der Waals surface area contributed by atoms with Gasteiger partial charge in [0, 0.05) is 37.2 Å².